The fraction of sp³-hybridized carbons (Fsp3) is 0.412. The van der Waals surface area contributed by atoms with E-state index in [0.717, 1.165) is 29.8 Å². The molecule has 6 heteroatoms. The van der Waals surface area contributed by atoms with Crippen LogP contribution in [0.3, 0.4) is 0 Å². The largest absolute Gasteiger partial charge is 0.380 e. The molecule has 0 fully saturated rings. The number of ether oxygens (including phenoxy) is 1. The molecule has 2 N–H and O–H groups in total. The fourth-order valence-electron chi connectivity index (χ4n) is 2.30. The van der Waals surface area contributed by atoms with Gasteiger partial charge in [-0.05, 0) is 25.0 Å². The van der Waals surface area contributed by atoms with Crippen LogP contribution in [0.2, 0.25) is 0 Å². The summed E-state index contributed by atoms with van der Waals surface area (Å²) < 4.78 is 5.17. The van der Waals surface area contributed by atoms with Crippen LogP contribution in [0.1, 0.15) is 26.7 Å². The average Bonchev–Trinajstić information content (AvgIpc) is 2.86. The summed E-state index contributed by atoms with van der Waals surface area (Å²) in [6.45, 7) is 6.16. The fourth-order valence-corrected chi connectivity index (χ4v) is 3.18. The number of rotatable bonds is 6. The van der Waals surface area contributed by atoms with Crippen molar-refractivity contribution in [3.05, 3.63) is 51.0 Å². The molecule has 2 rings (SSSR count). The van der Waals surface area contributed by atoms with Gasteiger partial charge < -0.3 is 15.4 Å². The molecule has 1 heterocycles. The van der Waals surface area contributed by atoms with E-state index in [4.69, 9.17) is 4.74 Å². The van der Waals surface area contributed by atoms with E-state index in [1.165, 1.54) is 16.0 Å². The van der Waals surface area contributed by atoms with Crippen molar-refractivity contribution in [2.24, 2.45) is 4.99 Å². The van der Waals surface area contributed by atoms with Crippen LogP contribution in [-0.4, -0.2) is 25.1 Å². The van der Waals surface area contributed by atoms with Crippen LogP contribution in [0.25, 0.3) is 0 Å². The molecule has 0 radical (unpaired) electrons. The Balaban J connectivity index is 1.88. The lowest BCUT2D eigenvalue weighted by atomic mass is 10.1. The van der Waals surface area contributed by atoms with Crippen molar-refractivity contribution in [2.45, 2.75) is 33.5 Å². The highest BCUT2D eigenvalue weighted by Crippen LogP contribution is 2.16. The van der Waals surface area contributed by atoms with Gasteiger partial charge in [0.2, 0.25) is 0 Å². The lowest BCUT2D eigenvalue weighted by Gasteiger charge is -2.12. The molecule has 0 unspecified atom stereocenters. The van der Waals surface area contributed by atoms with Gasteiger partial charge >= 0.3 is 0 Å². The van der Waals surface area contributed by atoms with Crippen LogP contribution in [0.4, 0.5) is 0 Å². The third-order valence-electron chi connectivity index (χ3n) is 3.40. The Kier molecular flexibility index (Phi) is 6.55. The van der Waals surface area contributed by atoms with Gasteiger partial charge in [-0.15, -0.1) is 11.3 Å². The van der Waals surface area contributed by atoms with Gasteiger partial charge in [0.1, 0.15) is 0 Å². The maximum absolute atomic E-state index is 5.17. The van der Waals surface area contributed by atoms with Gasteiger partial charge in [0.05, 0.1) is 23.9 Å². The highest BCUT2D eigenvalue weighted by Gasteiger charge is 2.06. The second-order valence-electron chi connectivity index (χ2n) is 5.27. The number of guanidine groups is 1. The molecule has 23 heavy (non-hydrogen) atoms. The number of aliphatic imine (C=N–C) groups is 1. The summed E-state index contributed by atoms with van der Waals surface area (Å²) in [4.78, 5) is 9.95. The third-order valence-corrected chi connectivity index (χ3v) is 4.47. The van der Waals surface area contributed by atoms with E-state index in [9.17, 15) is 0 Å². The molecule has 0 atom stereocenters. The Morgan fingerprint density at radius 3 is 2.61 bits per heavy atom. The number of nitrogens with zero attached hydrogens (tertiary/aromatic N) is 2. The molecule has 1 aromatic carbocycles. The predicted molar refractivity (Wildman–Crippen MR) is 95.8 cm³/mol. The van der Waals surface area contributed by atoms with Crippen LogP contribution in [0.15, 0.2) is 29.3 Å². The molecule has 0 aliphatic heterocycles. The summed E-state index contributed by atoms with van der Waals surface area (Å²) >= 11 is 1.72. The van der Waals surface area contributed by atoms with Crippen LogP contribution in [0.5, 0.6) is 0 Å². The zero-order chi connectivity index (χ0) is 16.7. The third kappa shape index (κ3) is 5.33. The molecule has 0 spiro atoms. The molecule has 0 aliphatic carbocycles. The monoisotopic (exact) mass is 332 g/mol. The first-order valence-electron chi connectivity index (χ1n) is 7.56. The second-order valence-corrected chi connectivity index (χ2v) is 6.56. The first-order valence-corrected chi connectivity index (χ1v) is 8.38. The van der Waals surface area contributed by atoms with Crippen molar-refractivity contribution < 1.29 is 4.74 Å². The minimum Gasteiger partial charge on any atom is -0.380 e. The quantitative estimate of drug-likeness (QED) is 0.631. The second kappa shape index (κ2) is 8.64. The molecule has 0 aliphatic rings. The van der Waals surface area contributed by atoms with E-state index in [2.05, 4.69) is 38.8 Å². The minimum atomic E-state index is 0.630. The Bertz CT molecular complexity index is 666. The highest BCUT2D eigenvalue weighted by atomic mass is 32.1. The lowest BCUT2D eigenvalue weighted by molar-refractivity contribution is 0.185. The van der Waals surface area contributed by atoms with E-state index in [-0.39, 0.29) is 0 Å². The van der Waals surface area contributed by atoms with E-state index >= 15 is 0 Å². The molecule has 0 saturated carbocycles. The summed E-state index contributed by atoms with van der Waals surface area (Å²) in [7, 11) is 3.49. The Morgan fingerprint density at radius 2 is 1.96 bits per heavy atom. The molecule has 124 valence electrons. The SMILES string of the molecule is CN=C(NCc1cccc(COC)c1)NCc1sc(C)nc1C. The maximum atomic E-state index is 5.17. The standard InChI is InChI=1S/C17H24N4OS/c1-12-16(23-13(2)21-12)10-20-17(18-3)19-9-14-6-5-7-15(8-14)11-22-4/h5-8H,9-11H2,1-4H3,(H2,18,19,20). The van der Waals surface area contributed by atoms with Gasteiger partial charge in [0.15, 0.2) is 5.96 Å². The van der Waals surface area contributed by atoms with Gasteiger partial charge in [-0.25, -0.2) is 4.98 Å². The molecule has 0 amide bonds. The lowest BCUT2D eigenvalue weighted by Crippen LogP contribution is -2.36. The zero-order valence-corrected chi connectivity index (χ0v) is 15.0. The van der Waals surface area contributed by atoms with Crippen molar-refractivity contribution in [2.75, 3.05) is 14.2 Å². The summed E-state index contributed by atoms with van der Waals surface area (Å²) in [6.07, 6.45) is 0. The molecule has 0 bridgehead atoms. The van der Waals surface area contributed by atoms with E-state index < -0.39 is 0 Å². The molecule has 0 saturated heterocycles. The van der Waals surface area contributed by atoms with Gasteiger partial charge in [0.25, 0.3) is 0 Å². The zero-order valence-electron chi connectivity index (χ0n) is 14.1. The highest BCUT2D eigenvalue weighted by molar-refractivity contribution is 7.11. The Morgan fingerprint density at radius 1 is 1.22 bits per heavy atom. The number of aryl methyl sites for hydroxylation is 2. The number of nitrogens with one attached hydrogen (secondary N) is 2. The van der Waals surface area contributed by atoms with E-state index in [1.54, 1.807) is 25.5 Å². The van der Waals surface area contributed by atoms with Gasteiger partial charge in [0, 0.05) is 25.6 Å². The first kappa shape index (κ1) is 17.4. The topological polar surface area (TPSA) is 58.5 Å². The molecular formula is C17H24N4OS. The number of hydrogen-bond donors (Lipinski definition) is 2. The first-order chi connectivity index (χ1) is 11.1. The van der Waals surface area contributed by atoms with Crippen molar-refractivity contribution in [3.8, 4) is 0 Å². The number of hydrogen-bond acceptors (Lipinski definition) is 4. The molecule has 1 aromatic heterocycles. The normalized spacial score (nSPS) is 11.6. The van der Waals surface area contributed by atoms with Crippen molar-refractivity contribution >= 4 is 17.3 Å². The number of benzene rings is 1. The van der Waals surface area contributed by atoms with Crippen molar-refractivity contribution in [3.63, 3.8) is 0 Å². The van der Waals surface area contributed by atoms with Crippen LogP contribution < -0.4 is 10.6 Å². The Hall–Kier alpha value is -1.92. The Labute approximate surface area is 141 Å². The van der Waals surface area contributed by atoms with Crippen LogP contribution in [0, 0.1) is 13.8 Å². The number of aromatic nitrogens is 1. The predicted octanol–water partition coefficient (Wildman–Crippen LogP) is 2.77. The summed E-state index contributed by atoms with van der Waals surface area (Å²) in [5.41, 5.74) is 3.46. The van der Waals surface area contributed by atoms with Gasteiger partial charge in [-0.3, -0.25) is 4.99 Å². The van der Waals surface area contributed by atoms with Crippen LogP contribution in [-0.2, 0) is 24.4 Å². The van der Waals surface area contributed by atoms with Gasteiger partial charge in [-0.2, -0.15) is 0 Å². The maximum Gasteiger partial charge on any atom is 0.191 e. The van der Waals surface area contributed by atoms with Crippen LogP contribution >= 0.6 is 11.3 Å². The molecule has 2 aromatic rings. The minimum absolute atomic E-state index is 0.630. The van der Waals surface area contributed by atoms with Gasteiger partial charge in [-0.1, -0.05) is 24.3 Å². The molecule has 5 nitrogen and oxygen atoms in total. The summed E-state index contributed by atoms with van der Waals surface area (Å²) in [5, 5.41) is 7.76. The van der Waals surface area contributed by atoms with Crippen molar-refractivity contribution in [1.82, 2.24) is 15.6 Å². The number of thiazole rings is 1. The van der Waals surface area contributed by atoms with Crippen molar-refractivity contribution in [1.29, 1.82) is 0 Å². The smallest absolute Gasteiger partial charge is 0.191 e. The average molecular weight is 332 g/mol. The number of methoxy groups -OCH3 is 1. The molecular weight excluding hydrogens is 308 g/mol. The van der Waals surface area contributed by atoms with E-state index in [0.29, 0.717) is 6.61 Å². The summed E-state index contributed by atoms with van der Waals surface area (Å²) in [5.74, 6) is 0.785. The summed E-state index contributed by atoms with van der Waals surface area (Å²) in [6, 6.07) is 8.34. The van der Waals surface area contributed by atoms with E-state index in [1.807, 2.05) is 19.9 Å².